The first-order chi connectivity index (χ1) is 13.8. The number of nitrogen functional groups attached to an aromatic ring is 1. The fraction of sp³-hybridized carbons (Fsp3) is 0.368. The second-order valence-corrected chi connectivity index (χ2v) is 10.1. The summed E-state index contributed by atoms with van der Waals surface area (Å²) < 4.78 is 27.0. The van der Waals surface area contributed by atoms with Crippen molar-refractivity contribution in [2.24, 2.45) is 0 Å². The minimum absolute atomic E-state index is 0.284. The van der Waals surface area contributed by atoms with Crippen LogP contribution in [0.25, 0.3) is 10.2 Å². The molecule has 1 aliphatic heterocycles. The Morgan fingerprint density at radius 2 is 1.76 bits per heavy atom. The van der Waals surface area contributed by atoms with Crippen LogP contribution >= 0.6 is 11.3 Å². The molecule has 1 unspecified atom stereocenters. The molecule has 0 radical (unpaired) electrons. The van der Waals surface area contributed by atoms with Gasteiger partial charge in [0.05, 0.1) is 21.2 Å². The predicted molar refractivity (Wildman–Crippen MR) is 113 cm³/mol. The third-order valence-corrected chi connectivity index (χ3v) is 8.44. The summed E-state index contributed by atoms with van der Waals surface area (Å²) in [7, 11) is -3.53. The first-order valence-electron chi connectivity index (χ1n) is 9.29. The maximum atomic E-state index is 12.8. The second kappa shape index (κ2) is 7.62. The van der Waals surface area contributed by atoms with Gasteiger partial charge < -0.3 is 10.8 Å². The Kier molecular flexibility index (Phi) is 5.30. The number of aliphatic hydroxyl groups excluding tert-OH is 1. The average Bonchev–Trinajstić information content (AvgIpc) is 3.08. The van der Waals surface area contributed by atoms with E-state index in [1.54, 1.807) is 30.3 Å². The zero-order valence-electron chi connectivity index (χ0n) is 16.2. The lowest BCUT2D eigenvalue weighted by Crippen LogP contribution is -2.49. The van der Waals surface area contributed by atoms with Gasteiger partial charge in [-0.2, -0.15) is 9.40 Å². The summed E-state index contributed by atoms with van der Waals surface area (Å²) in [5, 5.41) is 20.1. The number of sulfonamides is 1. The molecule has 3 aromatic rings. The van der Waals surface area contributed by atoms with Crippen LogP contribution in [0.1, 0.15) is 22.4 Å². The van der Waals surface area contributed by atoms with Crippen LogP contribution in [0, 0.1) is 13.8 Å². The molecule has 4 rings (SSSR count). The number of rotatable bonds is 4. The molecule has 3 heterocycles. The Morgan fingerprint density at radius 1 is 1.10 bits per heavy atom. The molecule has 10 heteroatoms. The van der Waals surface area contributed by atoms with E-state index in [2.05, 4.69) is 10.2 Å². The van der Waals surface area contributed by atoms with Gasteiger partial charge in [-0.25, -0.2) is 8.42 Å². The van der Waals surface area contributed by atoms with E-state index < -0.39 is 16.3 Å². The van der Waals surface area contributed by atoms with E-state index in [0.717, 1.165) is 16.6 Å². The monoisotopic (exact) mass is 433 g/mol. The number of aliphatic hydroxyl groups is 1. The summed E-state index contributed by atoms with van der Waals surface area (Å²) in [6.07, 6.45) is -0.907. The van der Waals surface area contributed by atoms with Crippen molar-refractivity contribution in [2.75, 3.05) is 31.9 Å². The molecule has 8 nitrogen and oxygen atoms in total. The van der Waals surface area contributed by atoms with E-state index in [4.69, 9.17) is 5.73 Å². The summed E-state index contributed by atoms with van der Waals surface area (Å²) in [5.74, 6) is 0. The van der Waals surface area contributed by atoms with Crippen LogP contribution in [0.3, 0.4) is 0 Å². The molecule has 0 spiro atoms. The Labute approximate surface area is 173 Å². The van der Waals surface area contributed by atoms with Crippen molar-refractivity contribution in [1.29, 1.82) is 0 Å². The third kappa shape index (κ3) is 3.51. The van der Waals surface area contributed by atoms with Gasteiger partial charge >= 0.3 is 0 Å². The van der Waals surface area contributed by atoms with Crippen LogP contribution in [0.4, 0.5) is 5.69 Å². The maximum absolute atomic E-state index is 12.8. The molecule has 0 saturated carbocycles. The molecule has 1 aromatic carbocycles. The van der Waals surface area contributed by atoms with Crippen molar-refractivity contribution in [3.8, 4) is 0 Å². The number of piperazine rings is 1. The summed E-state index contributed by atoms with van der Waals surface area (Å²) in [6, 6.07) is 8.41. The van der Waals surface area contributed by atoms with Crippen molar-refractivity contribution >= 4 is 37.3 Å². The molecule has 3 N–H and O–H groups in total. The van der Waals surface area contributed by atoms with E-state index in [0.29, 0.717) is 41.6 Å². The number of hydrogen-bond donors (Lipinski definition) is 2. The number of hydrogen-bond acceptors (Lipinski definition) is 8. The van der Waals surface area contributed by atoms with Crippen LogP contribution in [-0.2, 0) is 10.0 Å². The highest BCUT2D eigenvalue weighted by Gasteiger charge is 2.32. The number of anilines is 1. The first kappa shape index (κ1) is 20.2. The Morgan fingerprint density at radius 3 is 2.41 bits per heavy atom. The standard InChI is InChI=1S/C19H23N5O3S2/c1-12-13(2)21-22-18-15(12)16(20)17(28-18)19(25)23-8-10-24(11-9-23)29(26,27)14-6-4-3-5-7-14/h3-7,19,25H,8-11,20H2,1-2H3. The van der Waals surface area contributed by atoms with E-state index in [1.165, 1.54) is 15.6 Å². The van der Waals surface area contributed by atoms with Crippen LogP contribution < -0.4 is 5.73 Å². The van der Waals surface area contributed by atoms with E-state index in [1.807, 2.05) is 18.7 Å². The number of nitrogens with zero attached hydrogens (tertiary/aromatic N) is 4. The van der Waals surface area contributed by atoms with Crippen molar-refractivity contribution < 1.29 is 13.5 Å². The smallest absolute Gasteiger partial charge is 0.243 e. The van der Waals surface area contributed by atoms with Crippen molar-refractivity contribution in [3.63, 3.8) is 0 Å². The molecule has 29 heavy (non-hydrogen) atoms. The van der Waals surface area contributed by atoms with Crippen LogP contribution in [-0.4, -0.2) is 59.1 Å². The van der Waals surface area contributed by atoms with Crippen LogP contribution in [0.2, 0.25) is 0 Å². The SMILES string of the molecule is Cc1nnc2sc(C(O)N3CCN(S(=O)(=O)c4ccccc4)CC3)c(N)c2c1C. The van der Waals surface area contributed by atoms with Gasteiger partial charge in [0.2, 0.25) is 10.0 Å². The normalized spacial score (nSPS) is 17.6. The lowest BCUT2D eigenvalue weighted by molar-refractivity contribution is -0.0130. The fourth-order valence-electron chi connectivity index (χ4n) is 3.55. The van der Waals surface area contributed by atoms with Gasteiger partial charge in [0.1, 0.15) is 11.1 Å². The minimum atomic E-state index is -3.53. The number of fused-ring (bicyclic) bond motifs is 1. The van der Waals surface area contributed by atoms with Crippen molar-refractivity contribution in [3.05, 3.63) is 46.5 Å². The molecule has 1 fully saturated rings. The van der Waals surface area contributed by atoms with Gasteiger partial charge in [-0.15, -0.1) is 16.4 Å². The molecular weight excluding hydrogens is 410 g/mol. The third-order valence-electron chi connectivity index (χ3n) is 5.40. The highest BCUT2D eigenvalue weighted by molar-refractivity contribution is 7.89. The van der Waals surface area contributed by atoms with Gasteiger partial charge in [0.25, 0.3) is 0 Å². The Hall–Kier alpha value is -2.11. The lowest BCUT2D eigenvalue weighted by atomic mass is 10.1. The lowest BCUT2D eigenvalue weighted by Gasteiger charge is -2.36. The summed E-state index contributed by atoms with van der Waals surface area (Å²) in [6.45, 7) is 5.24. The van der Waals surface area contributed by atoms with Gasteiger partial charge in [-0.05, 0) is 31.5 Å². The maximum Gasteiger partial charge on any atom is 0.243 e. The topological polar surface area (TPSA) is 113 Å². The minimum Gasteiger partial charge on any atom is -0.397 e. The van der Waals surface area contributed by atoms with Crippen LogP contribution in [0.5, 0.6) is 0 Å². The molecule has 1 aliphatic rings. The van der Waals surface area contributed by atoms with Gasteiger partial charge in [0.15, 0.2) is 0 Å². The number of benzene rings is 1. The highest BCUT2D eigenvalue weighted by Crippen LogP contribution is 2.39. The average molecular weight is 434 g/mol. The largest absolute Gasteiger partial charge is 0.397 e. The predicted octanol–water partition coefficient (Wildman–Crippen LogP) is 1.89. The number of thiophene rings is 1. The molecule has 1 atom stereocenters. The van der Waals surface area contributed by atoms with E-state index in [-0.39, 0.29) is 4.90 Å². The van der Waals surface area contributed by atoms with Gasteiger partial charge in [0, 0.05) is 31.6 Å². The zero-order valence-corrected chi connectivity index (χ0v) is 17.9. The molecule has 2 aromatic heterocycles. The summed E-state index contributed by atoms with van der Waals surface area (Å²) in [5.41, 5.74) is 8.63. The molecule has 1 saturated heterocycles. The second-order valence-electron chi connectivity index (χ2n) is 7.10. The molecule has 0 aliphatic carbocycles. The summed E-state index contributed by atoms with van der Waals surface area (Å²) in [4.78, 5) is 3.45. The van der Waals surface area contributed by atoms with Gasteiger partial charge in [-0.1, -0.05) is 18.2 Å². The van der Waals surface area contributed by atoms with Crippen molar-refractivity contribution in [1.82, 2.24) is 19.4 Å². The van der Waals surface area contributed by atoms with Crippen LogP contribution in [0.15, 0.2) is 35.2 Å². The molecule has 0 bridgehead atoms. The quantitative estimate of drug-likeness (QED) is 0.646. The fourth-order valence-corrected chi connectivity index (χ4v) is 6.11. The van der Waals surface area contributed by atoms with Crippen molar-refractivity contribution in [2.45, 2.75) is 25.0 Å². The Bertz CT molecular complexity index is 1140. The number of aryl methyl sites for hydroxylation is 2. The molecular formula is C19H23N5O3S2. The summed E-state index contributed by atoms with van der Waals surface area (Å²) >= 11 is 1.33. The zero-order chi connectivity index (χ0) is 20.8. The first-order valence-corrected chi connectivity index (χ1v) is 11.6. The Balaban J connectivity index is 1.53. The number of aromatic nitrogens is 2. The van der Waals surface area contributed by atoms with E-state index >= 15 is 0 Å². The highest BCUT2D eigenvalue weighted by atomic mass is 32.2. The molecule has 0 amide bonds. The van der Waals surface area contributed by atoms with Gasteiger partial charge in [-0.3, -0.25) is 4.90 Å². The van der Waals surface area contributed by atoms with E-state index in [9.17, 15) is 13.5 Å². The number of nitrogens with two attached hydrogens (primary N) is 1. The molecule has 154 valence electrons.